The molecule has 1 aromatic carbocycles. The van der Waals surface area contributed by atoms with Crippen LogP contribution in [0.15, 0.2) is 52.3 Å². The van der Waals surface area contributed by atoms with Crippen LogP contribution in [0.25, 0.3) is 0 Å². The fourth-order valence-corrected chi connectivity index (χ4v) is 6.73. The zero-order chi connectivity index (χ0) is 27.1. The number of nitrogens with zero attached hydrogens (tertiary/aromatic N) is 1. The summed E-state index contributed by atoms with van der Waals surface area (Å²) in [6.07, 6.45) is 0.159. The van der Waals surface area contributed by atoms with Gasteiger partial charge in [-0.1, -0.05) is 26.0 Å². The molecule has 0 radical (unpaired) electrons. The molecule has 37 heavy (non-hydrogen) atoms. The van der Waals surface area contributed by atoms with Crippen LogP contribution in [-0.4, -0.2) is 40.3 Å². The van der Waals surface area contributed by atoms with Gasteiger partial charge in [0.2, 0.25) is 11.7 Å². The molecule has 1 N–H and O–H groups in total. The first-order valence-electron chi connectivity index (χ1n) is 12.3. The first-order valence-corrected chi connectivity index (χ1v) is 13.2. The quantitative estimate of drug-likeness (QED) is 0.363. The van der Waals surface area contributed by atoms with Gasteiger partial charge in [0.1, 0.15) is 17.0 Å². The van der Waals surface area contributed by atoms with E-state index in [0.717, 1.165) is 10.4 Å². The molecule has 1 fully saturated rings. The van der Waals surface area contributed by atoms with Gasteiger partial charge in [-0.3, -0.25) is 9.59 Å². The topological polar surface area (TPSA) is 97.0 Å². The third-order valence-corrected chi connectivity index (χ3v) is 8.40. The van der Waals surface area contributed by atoms with Gasteiger partial charge in [0.15, 0.2) is 5.76 Å². The van der Waals surface area contributed by atoms with Crippen molar-refractivity contribution in [2.45, 2.75) is 58.5 Å². The van der Waals surface area contributed by atoms with Crippen molar-refractivity contribution >= 4 is 29.0 Å². The van der Waals surface area contributed by atoms with Gasteiger partial charge >= 0.3 is 5.97 Å². The van der Waals surface area contributed by atoms with Gasteiger partial charge in [0.05, 0.1) is 19.1 Å². The summed E-state index contributed by atoms with van der Waals surface area (Å²) in [5, 5.41) is 12.7. The smallest absolute Gasteiger partial charge is 0.330 e. The largest absolute Gasteiger partial charge is 0.497 e. The lowest BCUT2D eigenvalue weighted by atomic mass is 9.74. The fraction of sp³-hybridized carbons (Fsp3) is 0.414. The van der Waals surface area contributed by atoms with Crippen LogP contribution < -0.4 is 4.74 Å². The molecule has 8 heteroatoms. The second kappa shape index (κ2) is 10.2. The number of benzene rings is 1. The summed E-state index contributed by atoms with van der Waals surface area (Å²) < 4.78 is 11.1. The number of hydrogen-bond donors (Lipinski definition) is 1. The molecule has 1 aliphatic rings. The van der Waals surface area contributed by atoms with Gasteiger partial charge in [-0.05, 0) is 73.5 Å². The third kappa shape index (κ3) is 4.59. The second-order valence-electron chi connectivity index (χ2n) is 10.3. The molecule has 1 amide bonds. The van der Waals surface area contributed by atoms with Gasteiger partial charge in [-0.15, -0.1) is 11.3 Å². The number of carbonyl (C=O) groups is 3. The number of carboxylic acid groups (broad SMARTS) is 1. The minimum atomic E-state index is -1.67. The monoisotopic (exact) mass is 523 g/mol. The van der Waals surface area contributed by atoms with Crippen LogP contribution in [0.1, 0.15) is 71.5 Å². The molecule has 4 unspecified atom stereocenters. The van der Waals surface area contributed by atoms with Crippen LogP contribution in [0.3, 0.4) is 0 Å². The van der Waals surface area contributed by atoms with Gasteiger partial charge in [0, 0.05) is 17.2 Å². The van der Waals surface area contributed by atoms with Gasteiger partial charge in [0.25, 0.3) is 0 Å². The second-order valence-corrected chi connectivity index (χ2v) is 11.2. The number of methoxy groups -OCH3 is 1. The Labute approximate surface area is 221 Å². The molecule has 7 nitrogen and oxygen atoms in total. The Morgan fingerprint density at radius 1 is 1.11 bits per heavy atom. The van der Waals surface area contributed by atoms with E-state index in [-0.39, 0.29) is 29.8 Å². The first-order chi connectivity index (χ1) is 17.5. The Balaban J connectivity index is 2.03. The molecular weight excluding hydrogens is 490 g/mol. The third-order valence-electron chi connectivity index (χ3n) is 7.30. The summed E-state index contributed by atoms with van der Waals surface area (Å²) in [4.78, 5) is 43.6. The summed E-state index contributed by atoms with van der Waals surface area (Å²) in [6, 6.07) is 11.6. The van der Waals surface area contributed by atoms with Crippen molar-refractivity contribution in [2.24, 2.45) is 11.8 Å². The highest BCUT2D eigenvalue weighted by Crippen LogP contribution is 2.58. The van der Waals surface area contributed by atoms with Crippen molar-refractivity contribution in [1.29, 1.82) is 0 Å². The van der Waals surface area contributed by atoms with Crippen molar-refractivity contribution in [2.75, 3.05) is 7.11 Å². The van der Waals surface area contributed by atoms with Gasteiger partial charge in [-0.2, -0.15) is 0 Å². The zero-order valence-electron chi connectivity index (χ0n) is 22.0. The van der Waals surface area contributed by atoms with Crippen LogP contribution in [-0.2, 0) is 9.59 Å². The molecule has 3 aromatic rings. The summed E-state index contributed by atoms with van der Waals surface area (Å²) in [5.74, 6) is -2.06. The number of thiophene rings is 1. The lowest BCUT2D eigenvalue weighted by Crippen LogP contribution is -2.54. The molecule has 0 spiro atoms. The number of ether oxygens (including phenoxy) is 1. The molecule has 0 bridgehead atoms. The molecule has 1 saturated heterocycles. The Bertz CT molecular complexity index is 1310. The molecule has 196 valence electrons. The maximum Gasteiger partial charge on any atom is 0.330 e. The van der Waals surface area contributed by atoms with Crippen LogP contribution in [0, 0.1) is 25.7 Å². The Kier molecular flexibility index (Phi) is 7.33. The molecule has 3 heterocycles. The number of hydrogen-bond acceptors (Lipinski definition) is 6. The predicted molar refractivity (Wildman–Crippen MR) is 141 cm³/mol. The van der Waals surface area contributed by atoms with E-state index in [0.29, 0.717) is 17.1 Å². The highest BCUT2D eigenvalue weighted by molar-refractivity contribution is 7.10. The number of rotatable bonds is 8. The van der Waals surface area contributed by atoms with Crippen molar-refractivity contribution < 1.29 is 28.6 Å². The van der Waals surface area contributed by atoms with Crippen LogP contribution in [0.5, 0.6) is 5.75 Å². The average Bonchev–Trinajstić information content (AvgIpc) is 3.54. The lowest BCUT2D eigenvalue weighted by molar-refractivity contribution is -0.158. The molecule has 0 saturated carbocycles. The molecular formula is C29H33NO6S. The Hall–Kier alpha value is -3.39. The number of carbonyl (C=O) groups excluding carboxylic acids is 2. The number of aryl methyl sites for hydroxylation is 2. The summed E-state index contributed by atoms with van der Waals surface area (Å²) in [5.41, 5.74) is -0.111. The van der Waals surface area contributed by atoms with Gasteiger partial charge in [-0.25, -0.2) is 4.79 Å². The number of carboxylic acids is 1. The number of furan rings is 1. The number of likely N-dealkylation sites (tertiary alicyclic amines) is 1. The molecule has 4 atom stereocenters. The average molecular weight is 524 g/mol. The van der Waals surface area contributed by atoms with E-state index in [1.165, 1.54) is 16.2 Å². The predicted octanol–water partition coefficient (Wildman–Crippen LogP) is 6.02. The number of amides is 1. The van der Waals surface area contributed by atoms with E-state index in [9.17, 15) is 19.5 Å². The SMILES string of the molecule is COc1ccc(C2C(C(=O)c3ccc(C)o3)C(c3sccc3C)C(C)(C(=O)O)N2C(=O)CC(C)C)cc1. The maximum absolute atomic E-state index is 14.2. The summed E-state index contributed by atoms with van der Waals surface area (Å²) in [7, 11) is 1.56. The Morgan fingerprint density at radius 3 is 2.27 bits per heavy atom. The lowest BCUT2D eigenvalue weighted by Gasteiger charge is -2.38. The van der Waals surface area contributed by atoms with Gasteiger partial charge < -0.3 is 19.2 Å². The van der Waals surface area contributed by atoms with E-state index in [4.69, 9.17) is 9.15 Å². The number of aliphatic carboxylic acids is 1. The minimum absolute atomic E-state index is 0.00598. The Morgan fingerprint density at radius 2 is 1.78 bits per heavy atom. The summed E-state index contributed by atoms with van der Waals surface area (Å²) in [6.45, 7) is 9.09. The van der Waals surface area contributed by atoms with E-state index in [1.807, 2.05) is 32.2 Å². The fourth-order valence-electron chi connectivity index (χ4n) is 5.53. The molecule has 2 aromatic heterocycles. The molecule has 1 aliphatic heterocycles. The van der Waals surface area contributed by atoms with E-state index in [1.54, 1.807) is 57.4 Å². The zero-order valence-corrected chi connectivity index (χ0v) is 22.8. The molecule has 4 rings (SSSR count). The van der Waals surface area contributed by atoms with Crippen molar-refractivity contribution in [3.8, 4) is 5.75 Å². The molecule has 0 aliphatic carbocycles. The highest BCUT2D eigenvalue weighted by Gasteiger charge is 2.65. The maximum atomic E-state index is 14.2. The summed E-state index contributed by atoms with van der Waals surface area (Å²) >= 11 is 1.41. The van der Waals surface area contributed by atoms with E-state index >= 15 is 0 Å². The van der Waals surface area contributed by atoms with Crippen LogP contribution >= 0.6 is 11.3 Å². The standard InChI is InChI=1S/C29H33NO6S/c1-16(2)15-22(31)30-25(19-8-10-20(35-6)11-9-19)23(26(32)21-12-7-18(4)36-21)24(29(30,5)28(33)34)27-17(3)13-14-37-27/h7-14,16,23-25H,15H2,1-6H3,(H,33,34). The van der Waals surface area contributed by atoms with Crippen molar-refractivity contribution in [1.82, 2.24) is 4.90 Å². The van der Waals surface area contributed by atoms with Crippen LogP contribution in [0.2, 0.25) is 0 Å². The number of Topliss-reactive ketones (excluding diaryl/α,β-unsaturated/α-hetero) is 1. The normalized spacial score (nSPS) is 23.4. The highest BCUT2D eigenvalue weighted by atomic mass is 32.1. The minimum Gasteiger partial charge on any atom is -0.497 e. The van der Waals surface area contributed by atoms with Crippen molar-refractivity contribution in [3.63, 3.8) is 0 Å². The number of ketones is 1. The van der Waals surface area contributed by atoms with Crippen LogP contribution in [0.4, 0.5) is 0 Å². The van der Waals surface area contributed by atoms with Crippen molar-refractivity contribution in [3.05, 3.63) is 75.4 Å². The first kappa shape index (κ1) is 26.7. The van der Waals surface area contributed by atoms with E-state index in [2.05, 4.69) is 0 Å². The van der Waals surface area contributed by atoms with E-state index < -0.39 is 29.4 Å².